The van der Waals surface area contributed by atoms with Gasteiger partial charge in [-0.2, -0.15) is 0 Å². The van der Waals surface area contributed by atoms with Crippen LogP contribution < -0.4 is 0 Å². The average molecular weight is 783 g/mol. The topological polar surface area (TPSA) is 0 Å². The van der Waals surface area contributed by atoms with Crippen LogP contribution in [0, 0.1) is 0 Å². The van der Waals surface area contributed by atoms with Gasteiger partial charge in [0.05, 0.1) is 0 Å². The van der Waals surface area contributed by atoms with Crippen LogP contribution in [0.25, 0.3) is 131 Å². The van der Waals surface area contributed by atoms with E-state index >= 15 is 0 Å². The Morgan fingerprint density at radius 3 is 0.774 bits per heavy atom. The number of hydrogen-bond donors (Lipinski definition) is 0. The summed E-state index contributed by atoms with van der Waals surface area (Å²) in [6.07, 6.45) is 0. The molecular formula is C62H38. The number of rotatable bonds is 4. The molecule has 13 aromatic carbocycles. The second-order valence-electron chi connectivity index (χ2n) is 16.7. The SMILES string of the molecule is c1ccc2c(-c3c4ccccc4c(-c4ccc5ccc6ccc(-c7c8ccccc8c(-c8cccc9ccccc89)c8ccccc78)cc6c5c4)c4ccccc34)cccc2c1. The van der Waals surface area contributed by atoms with Crippen LogP contribution in [0.4, 0.5) is 0 Å². The van der Waals surface area contributed by atoms with Crippen LogP contribution in [0.15, 0.2) is 231 Å². The third-order valence-electron chi connectivity index (χ3n) is 13.4. The fourth-order valence-electron chi connectivity index (χ4n) is 10.7. The summed E-state index contributed by atoms with van der Waals surface area (Å²) in [6, 6.07) is 85.7. The van der Waals surface area contributed by atoms with Gasteiger partial charge in [-0.3, -0.25) is 0 Å². The zero-order valence-electron chi connectivity index (χ0n) is 33.9. The van der Waals surface area contributed by atoms with Gasteiger partial charge in [-0.15, -0.1) is 0 Å². The van der Waals surface area contributed by atoms with Crippen molar-refractivity contribution in [3.8, 4) is 44.5 Å². The van der Waals surface area contributed by atoms with Crippen molar-refractivity contribution in [2.75, 3.05) is 0 Å². The van der Waals surface area contributed by atoms with Crippen LogP contribution in [0.2, 0.25) is 0 Å². The third-order valence-corrected chi connectivity index (χ3v) is 13.4. The smallest absolute Gasteiger partial charge is 0.00201 e. The Hall–Kier alpha value is -8.06. The molecule has 0 heterocycles. The molecule has 13 aromatic rings. The second-order valence-corrected chi connectivity index (χ2v) is 16.7. The highest BCUT2D eigenvalue weighted by molar-refractivity contribution is 6.26. The van der Waals surface area contributed by atoms with E-state index in [9.17, 15) is 0 Å². The van der Waals surface area contributed by atoms with E-state index in [-0.39, 0.29) is 0 Å². The maximum Gasteiger partial charge on any atom is -0.00201 e. The number of hydrogen-bond acceptors (Lipinski definition) is 0. The first-order valence-electron chi connectivity index (χ1n) is 21.6. The Morgan fingerprint density at radius 1 is 0.161 bits per heavy atom. The Labute approximate surface area is 359 Å². The fourth-order valence-corrected chi connectivity index (χ4v) is 10.7. The summed E-state index contributed by atoms with van der Waals surface area (Å²) in [5.41, 5.74) is 10.1. The van der Waals surface area contributed by atoms with Crippen molar-refractivity contribution in [3.63, 3.8) is 0 Å². The highest BCUT2D eigenvalue weighted by Gasteiger charge is 2.20. The van der Waals surface area contributed by atoms with Gasteiger partial charge in [-0.05, 0) is 143 Å². The van der Waals surface area contributed by atoms with E-state index in [4.69, 9.17) is 0 Å². The van der Waals surface area contributed by atoms with Gasteiger partial charge >= 0.3 is 0 Å². The molecule has 0 unspecified atom stereocenters. The number of benzene rings is 13. The quantitative estimate of drug-likeness (QED) is 0.123. The predicted molar refractivity (Wildman–Crippen MR) is 268 cm³/mol. The summed E-state index contributed by atoms with van der Waals surface area (Å²) in [4.78, 5) is 0. The Balaban J connectivity index is 1.06. The summed E-state index contributed by atoms with van der Waals surface area (Å²) in [7, 11) is 0. The first-order valence-corrected chi connectivity index (χ1v) is 21.6. The van der Waals surface area contributed by atoms with Crippen LogP contribution in [0.5, 0.6) is 0 Å². The van der Waals surface area contributed by atoms with Crippen molar-refractivity contribution in [1.82, 2.24) is 0 Å². The van der Waals surface area contributed by atoms with Gasteiger partial charge in [0.25, 0.3) is 0 Å². The molecule has 62 heavy (non-hydrogen) atoms. The van der Waals surface area contributed by atoms with E-state index in [2.05, 4.69) is 231 Å². The lowest BCUT2D eigenvalue weighted by atomic mass is 9.83. The van der Waals surface area contributed by atoms with Gasteiger partial charge in [0.15, 0.2) is 0 Å². The molecule has 0 saturated carbocycles. The molecule has 0 aliphatic heterocycles. The van der Waals surface area contributed by atoms with Crippen LogP contribution in [-0.4, -0.2) is 0 Å². The third kappa shape index (κ3) is 5.20. The Morgan fingerprint density at radius 2 is 0.419 bits per heavy atom. The van der Waals surface area contributed by atoms with Crippen LogP contribution in [0.3, 0.4) is 0 Å². The minimum absolute atomic E-state index is 1.22. The zero-order valence-corrected chi connectivity index (χ0v) is 33.9. The van der Waals surface area contributed by atoms with Gasteiger partial charge in [0, 0.05) is 0 Å². The van der Waals surface area contributed by atoms with E-state index < -0.39 is 0 Å². The molecule has 0 N–H and O–H groups in total. The van der Waals surface area contributed by atoms with Gasteiger partial charge in [0.1, 0.15) is 0 Å². The molecule has 0 radical (unpaired) electrons. The molecule has 0 fully saturated rings. The van der Waals surface area contributed by atoms with Crippen molar-refractivity contribution in [1.29, 1.82) is 0 Å². The fraction of sp³-hybridized carbons (Fsp3) is 0. The lowest BCUT2D eigenvalue weighted by molar-refractivity contribution is 1.68. The first-order chi connectivity index (χ1) is 30.8. The zero-order chi connectivity index (χ0) is 40.7. The highest BCUT2D eigenvalue weighted by Crippen LogP contribution is 2.48. The maximum absolute atomic E-state index is 2.45. The van der Waals surface area contributed by atoms with Crippen LogP contribution >= 0.6 is 0 Å². The first kappa shape index (κ1) is 34.8. The van der Waals surface area contributed by atoms with Crippen molar-refractivity contribution in [3.05, 3.63) is 231 Å². The van der Waals surface area contributed by atoms with Gasteiger partial charge in [-0.1, -0.05) is 218 Å². The number of fused-ring (bicyclic) bond motifs is 9. The molecule has 0 amide bonds. The standard InChI is InChI=1S/C62H38/c1-3-19-45-39(15-1)17-13-29-47(45)61-53-25-9-5-21-49(53)59(50-22-6-10-26-54(50)61)43-35-33-41-31-32-42-34-36-44(38-58(42)57(41)37-43)60-51-23-7-11-27-55(51)62(56-28-12-8-24-52(56)60)48-30-14-18-40-16-2-4-20-46(40)48/h1-38H. The summed E-state index contributed by atoms with van der Waals surface area (Å²) >= 11 is 0. The minimum Gasteiger partial charge on any atom is -0.0616 e. The summed E-state index contributed by atoms with van der Waals surface area (Å²) in [6.45, 7) is 0. The van der Waals surface area contributed by atoms with Gasteiger partial charge < -0.3 is 0 Å². The van der Waals surface area contributed by atoms with Crippen LogP contribution in [0.1, 0.15) is 0 Å². The molecule has 0 heteroatoms. The molecule has 0 aromatic heterocycles. The molecular weight excluding hydrogens is 745 g/mol. The Kier molecular flexibility index (Phi) is 7.71. The van der Waals surface area contributed by atoms with E-state index in [0.29, 0.717) is 0 Å². The predicted octanol–water partition coefficient (Wildman–Crippen LogP) is 17.6. The lowest BCUT2D eigenvalue weighted by Gasteiger charge is -2.20. The van der Waals surface area contributed by atoms with Crippen molar-refractivity contribution in [2.45, 2.75) is 0 Å². The molecule has 0 spiro atoms. The normalized spacial score (nSPS) is 11.9. The lowest BCUT2D eigenvalue weighted by Crippen LogP contribution is -1.92. The largest absolute Gasteiger partial charge is 0.0616 e. The van der Waals surface area contributed by atoms with E-state index in [1.807, 2.05) is 0 Å². The molecule has 0 nitrogen and oxygen atoms in total. The summed E-state index contributed by atoms with van der Waals surface area (Å²) < 4.78 is 0. The molecule has 0 bridgehead atoms. The van der Waals surface area contributed by atoms with Gasteiger partial charge in [0.2, 0.25) is 0 Å². The summed E-state index contributed by atoms with van der Waals surface area (Å²) in [5.74, 6) is 0. The van der Waals surface area contributed by atoms with Crippen molar-refractivity contribution >= 4 is 86.2 Å². The van der Waals surface area contributed by atoms with Crippen LogP contribution in [-0.2, 0) is 0 Å². The molecule has 0 aliphatic carbocycles. The molecule has 0 saturated heterocycles. The second kappa shape index (κ2) is 13.7. The van der Waals surface area contributed by atoms with Crippen molar-refractivity contribution < 1.29 is 0 Å². The summed E-state index contributed by atoms with van der Waals surface area (Å²) in [5, 5.41) is 20.2. The molecule has 13 rings (SSSR count). The Bertz CT molecular complexity index is 3590. The molecule has 0 aliphatic rings. The average Bonchev–Trinajstić information content (AvgIpc) is 3.34. The molecule has 286 valence electrons. The highest BCUT2D eigenvalue weighted by atomic mass is 14.2. The van der Waals surface area contributed by atoms with Crippen molar-refractivity contribution in [2.24, 2.45) is 0 Å². The maximum atomic E-state index is 2.45. The van der Waals surface area contributed by atoms with E-state index in [1.54, 1.807) is 0 Å². The molecule has 0 atom stereocenters. The van der Waals surface area contributed by atoms with E-state index in [0.717, 1.165) is 0 Å². The van der Waals surface area contributed by atoms with E-state index in [1.165, 1.54) is 131 Å². The van der Waals surface area contributed by atoms with Gasteiger partial charge in [-0.25, -0.2) is 0 Å². The minimum atomic E-state index is 1.22. The monoisotopic (exact) mass is 782 g/mol.